The minimum absolute atomic E-state index is 0.0529. The molecule has 0 saturated carbocycles. The number of phenolic OH excluding ortho intramolecular Hbond substituents is 1. The molecule has 6 nitrogen and oxygen atoms in total. The number of aromatic carboxylic acids is 1. The molecule has 7 heteroatoms. The average molecular weight is 280 g/mol. The van der Waals surface area contributed by atoms with Crippen LogP contribution in [-0.2, 0) is 0 Å². The number of hydrogen-bond acceptors (Lipinski definition) is 5. The highest BCUT2D eigenvalue weighted by molar-refractivity contribution is 6.29. The Labute approximate surface area is 113 Å². The van der Waals surface area contributed by atoms with Gasteiger partial charge in [0.25, 0.3) is 0 Å². The Hall–Kier alpha value is -2.34. The summed E-state index contributed by atoms with van der Waals surface area (Å²) in [4.78, 5) is 18.9. The van der Waals surface area contributed by atoms with Crippen molar-refractivity contribution in [2.45, 2.75) is 6.92 Å². The molecule has 19 heavy (non-hydrogen) atoms. The molecule has 0 amide bonds. The lowest BCUT2D eigenvalue weighted by molar-refractivity contribution is 0.0697. The molecule has 0 aliphatic rings. The second kappa shape index (κ2) is 5.11. The van der Waals surface area contributed by atoms with Crippen LogP contribution < -0.4 is 5.32 Å². The number of halogens is 1. The van der Waals surface area contributed by atoms with Crippen LogP contribution in [0.5, 0.6) is 5.75 Å². The smallest absolute Gasteiger partial charge is 0.335 e. The van der Waals surface area contributed by atoms with E-state index in [0.717, 1.165) is 0 Å². The zero-order chi connectivity index (χ0) is 14.0. The molecule has 1 aromatic heterocycles. The van der Waals surface area contributed by atoms with Crippen LogP contribution in [0.3, 0.4) is 0 Å². The van der Waals surface area contributed by atoms with Gasteiger partial charge in [-0.15, -0.1) is 0 Å². The first kappa shape index (κ1) is 13.1. The second-order valence-corrected chi connectivity index (χ2v) is 4.17. The summed E-state index contributed by atoms with van der Waals surface area (Å²) in [7, 11) is 0. The summed E-state index contributed by atoms with van der Waals surface area (Å²) in [6.07, 6.45) is 0. The van der Waals surface area contributed by atoms with Gasteiger partial charge in [0, 0.05) is 6.07 Å². The van der Waals surface area contributed by atoms with E-state index in [1.165, 1.54) is 24.3 Å². The molecule has 3 N–H and O–H groups in total. The molecule has 1 aromatic carbocycles. The molecule has 0 spiro atoms. The van der Waals surface area contributed by atoms with E-state index in [1.807, 2.05) is 0 Å². The van der Waals surface area contributed by atoms with Crippen LogP contribution in [0.25, 0.3) is 0 Å². The van der Waals surface area contributed by atoms with Crippen molar-refractivity contribution in [3.8, 4) is 5.75 Å². The van der Waals surface area contributed by atoms with Gasteiger partial charge in [-0.3, -0.25) is 0 Å². The molecule has 0 aliphatic carbocycles. The number of rotatable bonds is 3. The number of carboxylic acids is 1. The molecule has 0 radical (unpaired) electrons. The van der Waals surface area contributed by atoms with Gasteiger partial charge in [-0.05, 0) is 25.1 Å². The Morgan fingerprint density at radius 2 is 2.05 bits per heavy atom. The van der Waals surface area contributed by atoms with Crippen molar-refractivity contribution in [3.63, 3.8) is 0 Å². The fourth-order valence-electron chi connectivity index (χ4n) is 1.50. The van der Waals surface area contributed by atoms with Crippen molar-refractivity contribution in [1.29, 1.82) is 0 Å². The van der Waals surface area contributed by atoms with Crippen LogP contribution in [0.2, 0.25) is 5.15 Å². The largest absolute Gasteiger partial charge is 0.506 e. The first-order chi connectivity index (χ1) is 8.95. The topological polar surface area (TPSA) is 95.3 Å². The quantitative estimate of drug-likeness (QED) is 0.590. The second-order valence-electron chi connectivity index (χ2n) is 3.79. The molecular formula is C12H10ClN3O3. The first-order valence-electron chi connectivity index (χ1n) is 5.30. The Bertz CT molecular complexity index is 626. The van der Waals surface area contributed by atoms with Gasteiger partial charge in [-0.2, -0.15) is 0 Å². The maximum Gasteiger partial charge on any atom is 0.335 e. The van der Waals surface area contributed by atoms with Gasteiger partial charge in [0.05, 0.1) is 11.3 Å². The predicted octanol–water partition coefficient (Wildman–Crippen LogP) is 2.59. The number of benzene rings is 1. The van der Waals surface area contributed by atoms with Crippen molar-refractivity contribution in [2.24, 2.45) is 0 Å². The summed E-state index contributed by atoms with van der Waals surface area (Å²) in [6, 6.07) is 5.38. The molecule has 2 rings (SSSR count). The summed E-state index contributed by atoms with van der Waals surface area (Å²) in [6.45, 7) is 1.67. The number of carbonyl (C=O) groups is 1. The fraction of sp³-hybridized carbons (Fsp3) is 0.0833. The summed E-state index contributed by atoms with van der Waals surface area (Å²) in [5.41, 5.74) is 0.284. The standard InChI is InChI=1S/C12H10ClN3O3/c1-6-14-10(13)5-11(15-6)16-8-4-7(12(18)19)2-3-9(8)17/h2-5,17H,1H3,(H,18,19)(H,14,15,16). The lowest BCUT2D eigenvalue weighted by atomic mass is 10.2. The number of nitrogens with zero attached hydrogens (tertiary/aromatic N) is 2. The minimum atomic E-state index is -1.08. The number of phenols is 1. The maximum atomic E-state index is 10.9. The highest BCUT2D eigenvalue weighted by Crippen LogP contribution is 2.27. The summed E-state index contributed by atoms with van der Waals surface area (Å²) >= 11 is 5.79. The fourth-order valence-corrected chi connectivity index (χ4v) is 1.73. The number of anilines is 2. The van der Waals surface area contributed by atoms with Crippen molar-refractivity contribution in [2.75, 3.05) is 5.32 Å². The molecule has 0 unspecified atom stereocenters. The van der Waals surface area contributed by atoms with Gasteiger partial charge in [0.2, 0.25) is 0 Å². The Morgan fingerprint density at radius 3 is 2.68 bits per heavy atom. The number of aromatic hydroxyl groups is 1. The van der Waals surface area contributed by atoms with E-state index in [1.54, 1.807) is 6.92 Å². The van der Waals surface area contributed by atoms with E-state index >= 15 is 0 Å². The normalized spacial score (nSPS) is 10.2. The molecule has 0 fully saturated rings. The van der Waals surface area contributed by atoms with Crippen molar-refractivity contribution in [1.82, 2.24) is 9.97 Å². The van der Waals surface area contributed by atoms with E-state index in [-0.39, 0.29) is 22.2 Å². The third-order valence-electron chi connectivity index (χ3n) is 2.31. The van der Waals surface area contributed by atoms with E-state index in [2.05, 4.69) is 15.3 Å². The molecule has 98 valence electrons. The molecule has 0 aliphatic heterocycles. The Kier molecular flexibility index (Phi) is 3.52. The molecule has 1 heterocycles. The molecule has 0 saturated heterocycles. The van der Waals surface area contributed by atoms with Crippen molar-refractivity contribution < 1.29 is 15.0 Å². The van der Waals surface area contributed by atoms with Crippen LogP contribution in [0.4, 0.5) is 11.5 Å². The van der Waals surface area contributed by atoms with Crippen LogP contribution in [0.15, 0.2) is 24.3 Å². The summed E-state index contributed by atoms with van der Waals surface area (Å²) in [5.74, 6) is -0.337. The van der Waals surface area contributed by atoms with E-state index in [9.17, 15) is 9.90 Å². The third-order valence-corrected chi connectivity index (χ3v) is 2.51. The lowest BCUT2D eigenvalue weighted by Crippen LogP contribution is -2.00. The number of hydrogen-bond donors (Lipinski definition) is 3. The zero-order valence-corrected chi connectivity index (χ0v) is 10.6. The molecular weight excluding hydrogens is 270 g/mol. The van der Waals surface area contributed by atoms with Crippen LogP contribution >= 0.6 is 11.6 Å². The summed E-state index contributed by atoms with van der Waals surface area (Å²) < 4.78 is 0. The molecule has 2 aromatic rings. The predicted molar refractivity (Wildman–Crippen MR) is 70.1 cm³/mol. The van der Waals surface area contributed by atoms with E-state index < -0.39 is 5.97 Å². The number of aromatic nitrogens is 2. The van der Waals surface area contributed by atoms with Gasteiger partial charge >= 0.3 is 5.97 Å². The third kappa shape index (κ3) is 3.11. The van der Waals surface area contributed by atoms with Gasteiger partial charge in [-0.25, -0.2) is 14.8 Å². The van der Waals surface area contributed by atoms with Gasteiger partial charge in [0.1, 0.15) is 22.5 Å². The van der Waals surface area contributed by atoms with Crippen LogP contribution in [0, 0.1) is 6.92 Å². The van der Waals surface area contributed by atoms with Crippen LogP contribution in [-0.4, -0.2) is 26.2 Å². The maximum absolute atomic E-state index is 10.9. The summed E-state index contributed by atoms with van der Waals surface area (Å²) in [5, 5.41) is 21.6. The minimum Gasteiger partial charge on any atom is -0.506 e. The zero-order valence-electron chi connectivity index (χ0n) is 9.88. The highest BCUT2D eigenvalue weighted by Gasteiger charge is 2.09. The monoisotopic (exact) mass is 279 g/mol. The average Bonchev–Trinajstić information content (AvgIpc) is 2.30. The van der Waals surface area contributed by atoms with Gasteiger partial charge < -0.3 is 15.5 Å². The SMILES string of the molecule is Cc1nc(Cl)cc(Nc2cc(C(=O)O)ccc2O)n1. The number of carboxylic acid groups (broad SMARTS) is 1. The van der Waals surface area contributed by atoms with Crippen molar-refractivity contribution >= 4 is 29.1 Å². The highest BCUT2D eigenvalue weighted by atomic mass is 35.5. The van der Waals surface area contributed by atoms with Gasteiger partial charge in [-0.1, -0.05) is 11.6 Å². The van der Waals surface area contributed by atoms with Crippen LogP contribution in [0.1, 0.15) is 16.2 Å². The van der Waals surface area contributed by atoms with E-state index in [4.69, 9.17) is 16.7 Å². The van der Waals surface area contributed by atoms with Gasteiger partial charge in [0.15, 0.2) is 0 Å². The first-order valence-corrected chi connectivity index (χ1v) is 5.68. The number of nitrogens with one attached hydrogen (secondary N) is 1. The number of aryl methyl sites for hydroxylation is 1. The lowest BCUT2D eigenvalue weighted by Gasteiger charge is -2.09. The van der Waals surface area contributed by atoms with Crippen molar-refractivity contribution in [3.05, 3.63) is 40.8 Å². The molecule has 0 bridgehead atoms. The Balaban J connectivity index is 2.37. The van der Waals surface area contributed by atoms with E-state index in [0.29, 0.717) is 11.6 Å². The molecule has 0 atom stereocenters. The Morgan fingerprint density at radius 1 is 1.32 bits per heavy atom.